The van der Waals surface area contributed by atoms with Crippen LogP contribution < -0.4 is 5.32 Å². The molecule has 1 heterocycles. The summed E-state index contributed by atoms with van der Waals surface area (Å²) in [5.74, 6) is 0. The van der Waals surface area contributed by atoms with Gasteiger partial charge in [-0.2, -0.15) is 0 Å². The number of nitrogens with one attached hydrogen (secondary N) is 1. The first kappa shape index (κ1) is 12.5. The topological polar surface area (TPSA) is 27.6 Å². The zero-order valence-electron chi connectivity index (χ0n) is 9.54. The summed E-state index contributed by atoms with van der Waals surface area (Å²) in [5, 5.41) is 3.29. The number of halogens is 1. The van der Waals surface area contributed by atoms with Gasteiger partial charge in [-0.25, -0.2) is 4.99 Å². The van der Waals surface area contributed by atoms with Gasteiger partial charge in [0.05, 0.1) is 12.0 Å². The lowest BCUT2D eigenvalue weighted by atomic mass is 10.3. The molecule has 0 aliphatic carbocycles. The largest absolute Gasteiger partial charge is 0.333 e. The van der Waals surface area contributed by atoms with Crippen LogP contribution in [0.2, 0.25) is 0 Å². The summed E-state index contributed by atoms with van der Waals surface area (Å²) in [5.41, 5.74) is 0.953. The van der Waals surface area contributed by atoms with Crippen LogP contribution >= 0.6 is 11.6 Å². The van der Waals surface area contributed by atoms with E-state index in [2.05, 4.69) is 35.1 Å². The van der Waals surface area contributed by atoms with E-state index in [1.807, 2.05) is 6.34 Å². The van der Waals surface area contributed by atoms with Crippen LogP contribution in [0.4, 0.5) is 0 Å². The van der Waals surface area contributed by atoms with Crippen molar-refractivity contribution in [2.45, 2.75) is 32.2 Å². The summed E-state index contributed by atoms with van der Waals surface area (Å²) in [7, 11) is 0. The van der Waals surface area contributed by atoms with Gasteiger partial charge in [-0.05, 0) is 25.9 Å². The smallest absolute Gasteiger partial charge is 0.164 e. The Morgan fingerprint density at radius 1 is 1.60 bits per heavy atom. The Labute approximate surface area is 97.2 Å². The summed E-state index contributed by atoms with van der Waals surface area (Å²) in [4.78, 5) is 6.34. The van der Waals surface area contributed by atoms with Crippen LogP contribution in [-0.4, -0.2) is 36.4 Å². The third-order valence-electron chi connectivity index (χ3n) is 2.30. The Morgan fingerprint density at radius 3 is 3.07 bits per heavy atom. The Kier molecular flexibility index (Phi) is 5.73. The summed E-state index contributed by atoms with van der Waals surface area (Å²) < 4.78 is 0. The van der Waals surface area contributed by atoms with E-state index in [-0.39, 0.29) is 5.50 Å². The maximum Gasteiger partial charge on any atom is 0.164 e. The van der Waals surface area contributed by atoms with Crippen molar-refractivity contribution in [3.63, 3.8) is 0 Å². The molecule has 0 aromatic heterocycles. The minimum atomic E-state index is -0.182. The van der Waals surface area contributed by atoms with Crippen molar-refractivity contribution >= 4 is 17.9 Å². The third kappa shape index (κ3) is 3.84. The average Bonchev–Trinajstić information content (AvgIpc) is 2.56. The van der Waals surface area contributed by atoms with Crippen LogP contribution in [0.25, 0.3) is 0 Å². The van der Waals surface area contributed by atoms with Crippen molar-refractivity contribution < 1.29 is 0 Å². The van der Waals surface area contributed by atoms with Crippen molar-refractivity contribution in [2.24, 2.45) is 4.99 Å². The molecule has 0 aromatic carbocycles. The zero-order valence-corrected chi connectivity index (χ0v) is 10.3. The standard InChI is InChI=1S/C11H20ClN3/c1-3-8-15-9-14-11(12)10(15)6-5-7-13-4-2/h6,9,11,13H,3-5,7-8H2,1-2H3. The average molecular weight is 230 g/mol. The van der Waals surface area contributed by atoms with Crippen molar-refractivity contribution in [3.05, 3.63) is 11.8 Å². The fourth-order valence-corrected chi connectivity index (χ4v) is 1.82. The molecule has 0 saturated heterocycles. The van der Waals surface area contributed by atoms with Gasteiger partial charge < -0.3 is 10.2 Å². The zero-order chi connectivity index (χ0) is 11.1. The molecule has 1 atom stereocenters. The number of alkyl halides is 1. The van der Waals surface area contributed by atoms with Gasteiger partial charge in [0.1, 0.15) is 0 Å². The second-order valence-electron chi connectivity index (χ2n) is 3.56. The van der Waals surface area contributed by atoms with E-state index in [0.717, 1.165) is 38.2 Å². The molecule has 0 bridgehead atoms. The predicted octanol–water partition coefficient (Wildman–Crippen LogP) is 2.19. The highest BCUT2D eigenvalue weighted by Gasteiger charge is 2.20. The molecule has 1 aliphatic rings. The van der Waals surface area contributed by atoms with Gasteiger partial charge >= 0.3 is 0 Å². The van der Waals surface area contributed by atoms with E-state index in [9.17, 15) is 0 Å². The second-order valence-corrected chi connectivity index (χ2v) is 3.98. The first-order valence-electron chi connectivity index (χ1n) is 5.64. The number of hydrogen-bond donors (Lipinski definition) is 1. The monoisotopic (exact) mass is 229 g/mol. The molecule has 0 fully saturated rings. The molecule has 0 saturated carbocycles. The molecular formula is C11H20ClN3. The van der Waals surface area contributed by atoms with E-state index in [1.54, 1.807) is 0 Å². The predicted molar refractivity (Wildman–Crippen MR) is 66.4 cm³/mol. The highest BCUT2D eigenvalue weighted by Crippen LogP contribution is 2.21. The summed E-state index contributed by atoms with van der Waals surface area (Å²) in [6, 6.07) is 0. The maximum absolute atomic E-state index is 6.09. The Morgan fingerprint density at radius 2 is 2.40 bits per heavy atom. The molecule has 0 spiro atoms. The van der Waals surface area contributed by atoms with Crippen molar-refractivity contribution in [2.75, 3.05) is 19.6 Å². The van der Waals surface area contributed by atoms with E-state index >= 15 is 0 Å². The summed E-state index contributed by atoms with van der Waals surface area (Å²) in [6.07, 6.45) is 6.15. The van der Waals surface area contributed by atoms with Gasteiger partial charge in [-0.15, -0.1) is 0 Å². The lowest BCUT2D eigenvalue weighted by Gasteiger charge is -2.17. The number of hydrogen-bond acceptors (Lipinski definition) is 3. The quantitative estimate of drug-likeness (QED) is 0.430. The van der Waals surface area contributed by atoms with E-state index < -0.39 is 0 Å². The molecule has 3 nitrogen and oxygen atoms in total. The number of aliphatic imine (C=N–C) groups is 1. The Bertz CT molecular complexity index is 238. The van der Waals surface area contributed by atoms with Crippen LogP contribution in [0.3, 0.4) is 0 Å². The lowest BCUT2D eigenvalue weighted by molar-refractivity contribution is 0.526. The SMILES string of the molecule is CCCN1C=NC(Cl)C1=CCCNCC. The molecule has 1 aliphatic heterocycles. The van der Waals surface area contributed by atoms with E-state index in [1.165, 1.54) is 0 Å². The molecule has 0 aromatic rings. The van der Waals surface area contributed by atoms with Crippen LogP contribution in [-0.2, 0) is 0 Å². The van der Waals surface area contributed by atoms with Gasteiger partial charge in [-0.1, -0.05) is 31.5 Å². The molecule has 1 unspecified atom stereocenters. The summed E-state index contributed by atoms with van der Waals surface area (Å²) >= 11 is 6.09. The molecule has 1 N–H and O–H groups in total. The number of nitrogens with zero attached hydrogens (tertiary/aromatic N) is 2. The van der Waals surface area contributed by atoms with Crippen molar-refractivity contribution in [3.8, 4) is 0 Å². The molecule has 0 amide bonds. The van der Waals surface area contributed by atoms with Crippen LogP contribution in [0.5, 0.6) is 0 Å². The molecule has 1 rings (SSSR count). The van der Waals surface area contributed by atoms with Crippen molar-refractivity contribution in [1.29, 1.82) is 0 Å². The normalized spacial score (nSPS) is 23.0. The molecule has 86 valence electrons. The van der Waals surface area contributed by atoms with Crippen LogP contribution in [0.1, 0.15) is 26.7 Å². The Hall–Kier alpha value is -0.540. The minimum absolute atomic E-state index is 0.182. The third-order valence-corrected chi connectivity index (χ3v) is 2.64. The van der Waals surface area contributed by atoms with E-state index in [4.69, 9.17) is 11.6 Å². The molecule has 15 heavy (non-hydrogen) atoms. The first-order valence-corrected chi connectivity index (χ1v) is 6.08. The second kappa shape index (κ2) is 6.85. The van der Waals surface area contributed by atoms with Gasteiger partial charge in [0.15, 0.2) is 5.50 Å². The van der Waals surface area contributed by atoms with Crippen LogP contribution in [0.15, 0.2) is 16.8 Å². The van der Waals surface area contributed by atoms with Gasteiger partial charge in [0.25, 0.3) is 0 Å². The number of rotatable bonds is 6. The highest BCUT2D eigenvalue weighted by molar-refractivity contribution is 6.23. The van der Waals surface area contributed by atoms with Gasteiger partial charge in [0, 0.05) is 6.54 Å². The fourth-order valence-electron chi connectivity index (χ4n) is 1.56. The Balaban J connectivity index is 2.42. The first-order chi connectivity index (χ1) is 7.29. The highest BCUT2D eigenvalue weighted by atomic mass is 35.5. The molecule has 0 radical (unpaired) electrons. The fraction of sp³-hybridized carbons (Fsp3) is 0.727. The summed E-state index contributed by atoms with van der Waals surface area (Å²) in [6.45, 7) is 7.29. The molecule has 4 heteroatoms. The lowest BCUT2D eigenvalue weighted by Crippen LogP contribution is -2.21. The van der Waals surface area contributed by atoms with E-state index in [0.29, 0.717) is 0 Å². The minimum Gasteiger partial charge on any atom is -0.333 e. The van der Waals surface area contributed by atoms with Gasteiger partial charge in [-0.3, -0.25) is 0 Å². The van der Waals surface area contributed by atoms with Crippen LogP contribution in [0, 0.1) is 0 Å². The maximum atomic E-state index is 6.09. The van der Waals surface area contributed by atoms with Crippen molar-refractivity contribution in [1.82, 2.24) is 10.2 Å². The molecular weight excluding hydrogens is 210 g/mol. The van der Waals surface area contributed by atoms with Gasteiger partial charge in [0.2, 0.25) is 0 Å².